The van der Waals surface area contributed by atoms with Crippen LogP contribution in [0.5, 0.6) is 17.2 Å². The van der Waals surface area contributed by atoms with Gasteiger partial charge in [-0.1, -0.05) is 23.1 Å². The van der Waals surface area contributed by atoms with E-state index in [4.69, 9.17) is 14.2 Å². The molecule has 0 radical (unpaired) electrons. The molecule has 0 aliphatic carbocycles. The molecule has 1 aromatic heterocycles. The van der Waals surface area contributed by atoms with Gasteiger partial charge in [0.1, 0.15) is 5.75 Å². The lowest BCUT2D eigenvalue weighted by molar-refractivity contribution is -0.113. The van der Waals surface area contributed by atoms with E-state index in [-0.39, 0.29) is 17.6 Å². The number of benzene rings is 2. The summed E-state index contributed by atoms with van der Waals surface area (Å²) in [5.74, 6) is 1.44. The van der Waals surface area contributed by atoms with Gasteiger partial charge in [-0.15, -0.1) is 10.2 Å². The molecule has 0 unspecified atom stereocenters. The van der Waals surface area contributed by atoms with E-state index in [0.717, 1.165) is 0 Å². The van der Waals surface area contributed by atoms with Gasteiger partial charge in [0, 0.05) is 11.3 Å². The Morgan fingerprint density at radius 3 is 2.39 bits per heavy atom. The zero-order chi connectivity index (χ0) is 23.6. The predicted molar refractivity (Wildman–Crippen MR) is 129 cm³/mol. The second-order valence-corrected chi connectivity index (χ2v) is 8.62. The summed E-state index contributed by atoms with van der Waals surface area (Å²) in [7, 11) is 1.58. The first-order chi connectivity index (χ1) is 16.0. The Morgan fingerprint density at radius 2 is 1.70 bits per heavy atom. The number of hydrogen-bond acceptors (Lipinski definition) is 9. The molecule has 3 rings (SSSR count). The Hall–Kier alpha value is -3.31. The van der Waals surface area contributed by atoms with Crippen LogP contribution in [0.1, 0.15) is 24.2 Å². The molecular formula is C22H24N4O5S2. The van der Waals surface area contributed by atoms with Crippen LogP contribution in [0.3, 0.4) is 0 Å². The van der Waals surface area contributed by atoms with Crippen LogP contribution in [-0.2, 0) is 4.79 Å². The summed E-state index contributed by atoms with van der Waals surface area (Å²) in [4.78, 5) is 24.8. The van der Waals surface area contributed by atoms with Crippen LogP contribution in [0, 0.1) is 0 Å². The summed E-state index contributed by atoms with van der Waals surface area (Å²) in [5, 5.41) is 13.9. The lowest BCUT2D eigenvalue weighted by Crippen LogP contribution is -2.13. The zero-order valence-electron chi connectivity index (χ0n) is 18.4. The van der Waals surface area contributed by atoms with Gasteiger partial charge in [0.05, 0.1) is 26.1 Å². The highest BCUT2D eigenvalue weighted by Gasteiger charge is 2.15. The fourth-order valence-electron chi connectivity index (χ4n) is 2.68. The Morgan fingerprint density at radius 1 is 0.970 bits per heavy atom. The molecule has 0 aliphatic heterocycles. The van der Waals surface area contributed by atoms with E-state index < -0.39 is 0 Å². The van der Waals surface area contributed by atoms with Gasteiger partial charge >= 0.3 is 0 Å². The van der Waals surface area contributed by atoms with Crippen LogP contribution in [0.25, 0.3) is 0 Å². The third kappa shape index (κ3) is 7.09. The highest BCUT2D eigenvalue weighted by molar-refractivity contribution is 8.01. The summed E-state index contributed by atoms with van der Waals surface area (Å²) < 4.78 is 16.8. The molecule has 174 valence electrons. The molecule has 0 fully saturated rings. The number of rotatable bonds is 11. The van der Waals surface area contributed by atoms with Crippen molar-refractivity contribution in [3.05, 3.63) is 48.0 Å². The Kier molecular flexibility index (Phi) is 8.90. The normalized spacial score (nSPS) is 10.4. The largest absolute Gasteiger partial charge is 0.497 e. The molecule has 2 N–H and O–H groups in total. The van der Waals surface area contributed by atoms with Crippen molar-refractivity contribution in [2.45, 2.75) is 18.2 Å². The predicted octanol–water partition coefficient (Wildman–Crippen LogP) is 4.33. The summed E-state index contributed by atoms with van der Waals surface area (Å²) in [6, 6.07) is 12.0. The van der Waals surface area contributed by atoms with Gasteiger partial charge in [0.2, 0.25) is 11.0 Å². The van der Waals surface area contributed by atoms with E-state index in [1.165, 1.54) is 23.1 Å². The number of hydrogen-bond donors (Lipinski definition) is 2. The number of ether oxygens (including phenoxy) is 3. The molecule has 33 heavy (non-hydrogen) atoms. The van der Waals surface area contributed by atoms with Gasteiger partial charge in [-0.05, 0) is 56.3 Å². The number of aromatic nitrogens is 2. The van der Waals surface area contributed by atoms with Crippen LogP contribution < -0.4 is 24.8 Å². The Balaban J connectivity index is 1.54. The molecule has 0 aliphatic rings. The van der Waals surface area contributed by atoms with Crippen LogP contribution in [0.15, 0.2) is 46.8 Å². The van der Waals surface area contributed by atoms with Crippen molar-refractivity contribution >= 4 is 45.7 Å². The van der Waals surface area contributed by atoms with Gasteiger partial charge in [0.25, 0.3) is 5.91 Å². The van der Waals surface area contributed by atoms with Crippen molar-refractivity contribution in [2.75, 3.05) is 36.7 Å². The summed E-state index contributed by atoms with van der Waals surface area (Å²) in [6.07, 6.45) is 0. The zero-order valence-corrected chi connectivity index (χ0v) is 20.0. The van der Waals surface area contributed by atoms with Crippen LogP contribution in [-0.4, -0.2) is 48.1 Å². The van der Waals surface area contributed by atoms with Gasteiger partial charge < -0.3 is 19.5 Å². The number of nitrogens with zero attached hydrogens (tertiary/aromatic N) is 2. The van der Waals surface area contributed by atoms with Gasteiger partial charge in [0.15, 0.2) is 15.8 Å². The van der Waals surface area contributed by atoms with Crippen LogP contribution >= 0.6 is 23.1 Å². The van der Waals surface area contributed by atoms with Gasteiger partial charge in [-0.3, -0.25) is 14.9 Å². The second kappa shape index (κ2) is 12.1. The highest BCUT2D eigenvalue weighted by Crippen LogP contribution is 2.30. The van der Waals surface area contributed by atoms with Crippen molar-refractivity contribution < 1.29 is 23.8 Å². The SMILES string of the molecule is CCOc1ccc(C(=O)Nc2nnc(SCC(=O)Nc3ccc(OC)cc3)s2)cc1OCC. The van der Waals surface area contributed by atoms with Crippen molar-refractivity contribution in [2.24, 2.45) is 0 Å². The van der Waals surface area contributed by atoms with Crippen LogP contribution in [0.4, 0.5) is 10.8 Å². The van der Waals surface area contributed by atoms with E-state index in [0.29, 0.717) is 51.2 Å². The number of carbonyl (C=O) groups excluding carboxylic acids is 2. The highest BCUT2D eigenvalue weighted by atomic mass is 32.2. The monoisotopic (exact) mass is 488 g/mol. The minimum atomic E-state index is -0.344. The minimum Gasteiger partial charge on any atom is -0.497 e. The fraction of sp³-hybridized carbons (Fsp3) is 0.273. The van der Waals surface area contributed by atoms with E-state index in [1.807, 2.05) is 13.8 Å². The smallest absolute Gasteiger partial charge is 0.257 e. The number of thioether (sulfide) groups is 1. The first-order valence-electron chi connectivity index (χ1n) is 10.1. The average molecular weight is 489 g/mol. The number of anilines is 2. The summed E-state index contributed by atoms with van der Waals surface area (Å²) >= 11 is 2.43. The van der Waals surface area contributed by atoms with E-state index in [1.54, 1.807) is 49.6 Å². The molecule has 1 heterocycles. The van der Waals surface area contributed by atoms with E-state index in [9.17, 15) is 9.59 Å². The van der Waals surface area contributed by atoms with E-state index >= 15 is 0 Å². The van der Waals surface area contributed by atoms with Gasteiger partial charge in [-0.25, -0.2) is 0 Å². The lowest BCUT2D eigenvalue weighted by Gasteiger charge is -2.12. The summed E-state index contributed by atoms with van der Waals surface area (Å²) in [5.41, 5.74) is 1.08. The third-order valence-electron chi connectivity index (χ3n) is 4.13. The molecule has 3 aromatic rings. The average Bonchev–Trinajstić information content (AvgIpc) is 3.27. The first-order valence-corrected chi connectivity index (χ1v) is 11.9. The van der Waals surface area contributed by atoms with Crippen LogP contribution in [0.2, 0.25) is 0 Å². The summed E-state index contributed by atoms with van der Waals surface area (Å²) in [6.45, 7) is 4.69. The molecule has 0 saturated carbocycles. The molecular weight excluding hydrogens is 464 g/mol. The van der Waals surface area contributed by atoms with E-state index in [2.05, 4.69) is 20.8 Å². The molecule has 9 nitrogen and oxygen atoms in total. The maximum absolute atomic E-state index is 12.6. The molecule has 11 heteroatoms. The molecule has 0 spiro atoms. The van der Waals surface area contributed by atoms with Gasteiger partial charge in [-0.2, -0.15) is 0 Å². The molecule has 2 aromatic carbocycles. The number of methoxy groups -OCH3 is 1. The molecule has 0 saturated heterocycles. The maximum Gasteiger partial charge on any atom is 0.257 e. The quantitative estimate of drug-likeness (QED) is 0.303. The minimum absolute atomic E-state index is 0.158. The van der Waals surface area contributed by atoms with Crippen molar-refractivity contribution in [1.29, 1.82) is 0 Å². The topological polar surface area (TPSA) is 112 Å². The Labute approximate surface area is 199 Å². The fourth-order valence-corrected chi connectivity index (χ4v) is 4.23. The lowest BCUT2D eigenvalue weighted by atomic mass is 10.2. The number of nitrogens with one attached hydrogen (secondary N) is 2. The van der Waals surface area contributed by atoms with Crippen molar-refractivity contribution in [3.63, 3.8) is 0 Å². The number of amides is 2. The van der Waals surface area contributed by atoms with Crippen molar-refractivity contribution in [3.8, 4) is 17.2 Å². The standard InChI is InChI=1S/C22H24N4O5S2/c1-4-30-17-11-6-14(12-18(17)31-5-2)20(28)24-21-25-26-22(33-21)32-13-19(27)23-15-7-9-16(29-3)10-8-15/h6-12H,4-5,13H2,1-3H3,(H,23,27)(H,24,25,28). The molecule has 0 bridgehead atoms. The number of carbonyl (C=O) groups is 2. The maximum atomic E-state index is 12.6. The first kappa shape index (κ1) is 24.3. The molecule has 2 amide bonds. The van der Waals surface area contributed by atoms with Crippen molar-refractivity contribution in [1.82, 2.24) is 10.2 Å². The second-order valence-electron chi connectivity index (χ2n) is 6.42. The molecule has 0 atom stereocenters. The third-order valence-corrected chi connectivity index (χ3v) is 6.11. The Bertz CT molecular complexity index is 1090.